The lowest BCUT2D eigenvalue weighted by Gasteiger charge is -2.32. The molecule has 0 aliphatic carbocycles. The molecule has 1 aromatic rings. The highest BCUT2D eigenvalue weighted by Gasteiger charge is 2.12. The van der Waals surface area contributed by atoms with Crippen LogP contribution in [-0.2, 0) is 16.1 Å². The summed E-state index contributed by atoms with van der Waals surface area (Å²) in [5, 5.41) is 2.92. The predicted octanol–water partition coefficient (Wildman–Crippen LogP) is 0.957. The van der Waals surface area contributed by atoms with Crippen molar-refractivity contribution in [2.24, 2.45) is 0 Å². The van der Waals surface area contributed by atoms with E-state index in [0.29, 0.717) is 6.61 Å². The molecule has 0 bridgehead atoms. The SMILES string of the molecule is CN1CCN(CCCNC(=O)COCc2ccccc2)CC1. The summed E-state index contributed by atoms with van der Waals surface area (Å²) >= 11 is 0. The largest absolute Gasteiger partial charge is 0.367 e. The van der Waals surface area contributed by atoms with Gasteiger partial charge in [0.1, 0.15) is 6.61 Å². The van der Waals surface area contributed by atoms with Gasteiger partial charge in [-0.05, 0) is 25.6 Å². The van der Waals surface area contributed by atoms with Crippen LogP contribution in [0.1, 0.15) is 12.0 Å². The monoisotopic (exact) mass is 305 g/mol. The number of nitrogens with one attached hydrogen (secondary N) is 1. The third kappa shape index (κ3) is 6.56. The Balaban J connectivity index is 1.47. The molecule has 0 spiro atoms. The molecule has 1 amide bonds. The summed E-state index contributed by atoms with van der Waals surface area (Å²) in [5.74, 6) is -0.0330. The number of piperazine rings is 1. The van der Waals surface area contributed by atoms with Crippen LogP contribution in [0.5, 0.6) is 0 Å². The molecule has 22 heavy (non-hydrogen) atoms. The Kier molecular flexibility index (Phi) is 7.36. The molecular weight excluding hydrogens is 278 g/mol. The van der Waals surface area contributed by atoms with Crippen LogP contribution in [0.2, 0.25) is 0 Å². The Morgan fingerprint density at radius 2 is 1.91 bits per heavy atom. The molecule has 1 N–H and O–H groups in total. The number of ether oxygens (including phenoxy) is 1. The fourth-order valence-electron chi connectivity index (χ4n) is 2.49. The van der Waals surface area contributed by atoms with Crippen molar-refractivity contribution in [3.63, 3.8) is 0 Å². The Morgan fingerprint density at radius 1 is 1.18 bits per heavy atom. The molecule has 0 radical (unpaired) electrons. The standard InChI is InChI=1S/C17H27N3O2/c1-19-10-12-20(13-11-19)9-5-8-18-17(21)15-22-14-16-6-3-2-4-7-16/h2-4,6-7H,5,8-15H2,1H3,(H,18,21). The van der Waals surface area contributed by atoms with Crippen molar-refractivity contribution >= 4 is 5.91 Å². The molecule has 1 aliphatic rings. The Bertz CT molecular complexity index is 431. The third-order valence-corrected chi connectivity index (χ3v) is 3.91. The van der Waals surface area contributed by atoms with E-state index in [0.717, 1.165) is 51.3 Å². The summed E-state index contributed by atoms with van der Waals surface area (Å²) in [6.45, 7) is 6.92. The highest BCUT2D eigenvalue weighted by molar-refractivity contribution is 5.77. The number of hydrogen-bond acceptors (Lipinski definition) is 4. The minimum absolute atomic E-state index is 0.0330. The normalized spacial score (nSPS) is 16.6. The van der Waals surface area contributed by atoms with Crippen LogP contribution in [0, 0.1) is 0 Å². The highest BCUT2D eigenvalue weighted by Crippen LogP contribution is 2.00. The van der Waals surface area contributed by atoms with Crippen LogP contribution in [0.15, 0.2) is 30.3 Å². The Hall–Kier alpha value is -1.43. The van der Waals surface area contributed by atoms with Crippen molar-refractivity contribution in [3.8, 4) is 0 Å². The number of carbonyl (C=O) groups excluding carboxylic acids is 1. The zero-order valence-corrected chi connectivity index (χ0v) is 13.5. The molecule has 2 rings (SSSR count). The van der Waals surface area contributed by atoms with Gasteiger partial charge < -0.3 is 19.9 Å². The van der Waals surface area contributed by atoms with Gasteiger partial charge in [0.05, 0.1) is 6.61 Å². The molecule has 0 atom stereocenters. The summed E-state index contributed by atoms with van der Waals surface area (Å²) < 4.78 is 5.41. The maximum atomic E-state index is 11.7. The van der Waals surface area contributed by atoms with Gasteiger partial charge in [-0.3, -0.25) is 4.79 Å². The molecule has 122 valence electrons. The van der Waals surface area contributed by atoms with E-state index in [2.05, 4.69) is 22.2 Å². The number of rotatable bonds is 8. The van der Waals surface area contributed by atoms with E-state index in [1.807, 2.05) is 30.3 Å². The summed E-state index contributed by atoms with van der Waals surface area (Å²) in [6.07, 6.45) is 0.994. The maximum absolute atomic E-state index is 11.7. The van der Waals surface area contributed by atoms with Crippen LogP contribution in [0.4, 0.5) is 0 Å². The summed E-state index contributed by atoms with van der Waals surface area (Å²) in [7, 11) is 2.16. The average Bonchev–Trinajstić information content (AvgIpc) is 2.54. The van der Waals surface area contributed by atoms with Gasteiger partial charge in [-0.15, -0.1) is 0 Å². The average molecular weight is 305 g/mol. The number of hydrogen-bond donors (Lipinski definition) is 1. The molecule has 0 aromatic heterocycles. The van der Waals surface area contributed by atoms with Crippen LogP contribution >= 0.6 is 0 Å². The van der Waals surface area contributed by atoms with Gasteiger partial charge in [-0.1, -0.05) is 30.3 Å². The molecule has 1 aromatic carbocycles. The lowest BCUT2D eigenvalue weighted by molar-refractivity contribution is -0.126. The van der Waals surface area contributed by atoms with Gasteiger partial charge in [-0.25, -0.2) is 0 Å². The first-order chi connectivity index (χ1) is 10.7. The molecule has 0 saturated carbocycles. The quantitative estimate of drug-likeness (QED) is 0.727. The van der Waals surface area contributed by atoms with Crippen molar-refractivity contribution < 1.29 is 9.53 Å². The van der Waals surface area contributed by atoms with Crippen molar-refractivity contribution in [1.29, 1.82) is 0 Å². The first kappa shape index (κ1) is 16.9. The van der Waals surface area contributed by atoms with E-state index >= 15 is 0 Å². The maximum Gasteiger partial charge on any atom is 0.246 e. The van der Waals surface area contributed by atoms with E-state index in [-0.39, 0.29) is 12.5 Å². The lowest BCUT2D eigenvalue weighted by Crippen LogP contribution is -2.45. The van der Waals surface area contributed by atoms with Gasteiger partial charge >= 0.3 is 0 Å². The number of amides is 1. The van der Waals surface area contributed by atoms with Gasteiger partial charge in [0.25, 0.3) is 0 Å². The van der Waals surface area contributed by atoms with Gasteiger partial charge in [0.2, 0.25) is 5.91 Å². The zero-order chi connectivity index (χ0) is 15.6. The molecule has 5 heteroatoms. The van der Waals surface area contributed by atoms with E-state index in [1.165, 1.54) is 0 Å². The van der Waals surface area contributed by atoms with Crippen molar-refractivity contribution in [3.05, 3.63) is 35.9 Å². The highest BCUT2D eigenvalue weighted by atomic mass is 16.5. The summed E-state index contributed by atoms with van der Waals surface area (Å²) in [4.78, 5) is 16.5. The molecule has 1 fully saturated rings. The second kappa shape index (κ2) is 9.56. The number of carbonyl (C=O) groups is 1. The number of benzene rings is 1. The van der Waals surface area contributed by atoms with Crippen LogP contribution in [0.25, 0.3) is 0 Å². The second-order valence-corrected chi connectivity index (χ2v) is 5.83. The number of likely N-dealkylation sites (N-methyl/N-ethyl adjacent to an activating group) is 1. The lowest BCUT2D eigenvalue weighted by atomic mass is 10.2. The van der Waals surface area contributed by atoms with Gasteiger partial charge in [0.15, 0.2) is 0 Å². The Morgan fingerprint density at radius 3 is 2.64 bits per heavy atom. The molecule has 1 aliphatic heterocycles. The van der Waals surface area contributed by atoms with Crippen LogP contribution in [0.3, 0.4) is 0 Å². The summed E-state index contributed by atoms with van der Waals surface area (Å²) in [6, 6.07) is 9.90. The molecule has 1 heterocycles. The predicted molar refractivity (Wildman–Crippen MR) is 87.7 cm³/mol. The minimum atomic E-state index is -0.0330. The van der Waals surface area contributed by atoms with Crippen molar-refractivity contribution in [2.75, 3.05) is 52.9 Å². The number of nitrogens with zero attached hydrogens (tertiary/aromatic N) is 2. The molecule has 0 unspecified atom stereocenters. The first-order valence-electron chi connectivity index (χ1n) is 8.03. The fourth-order valence-corrected chi connectivity index (χ4v) is 2.49. The van der Waals surface area contributed by atoms with E-state index in [4.69, 9.17) is 4.74 Å². The van der Waals surface area contributed by atoms with Gasteiger partial charge in [0, 0.05) is 32.7 Å². The topological polar surface area (TPSA) is 44.8 Å². The minimum Gasteiger partial charge on any atom is -0.367 e. The zero-order valence-electron chi connectivity index (χ0n) is 13.5. The molecule has 1 saturated heterocycles. The van der Waals surface area contributed by atoms with Gasteiger partial charge in [-0.2, -0.15) is 0 Å². The Labute approximate surface area is 133 Å². The van der Waals surface area contributed by atoms with Crippen LogP contribution in [-0.4, -0.2) is 68.6 Å². The van der Waals surface area contributed by atoms with Crippen molar-refractivity contribution in [2.45, 2.75) is 13.0 Å². The third-order valence-electron chi connectivity index (χ3n) is 3.91. The van der Waals surface area contributed by atoms with E-state index in [9.17, 15) is 4.79 Å². The second-order valence-electron chi connectivity index (χ2n) is 5.83. The smallest absolute Gasteiger partial charge is 0.246 e. The molecular formula is C17H27N3O2. The van der Waals surface area contributed by atoms with Crippen LogP contribution < -0.4 is 5.32 Å². The fraction of sp³-hybridized carbons (Fsp3) is 0.588. The first-order valence-corrected chi connectivity index (χ1v) is 8.03. The van der Waals surface area contributed by atoms with Crippen molar-refractivity contribution in [1.82, 2.24) is 15.1 Å². The van der Waals surface area contributed by atoms with E-state index in [1.54, 1.807) is 0 Å². The molecule has 5 nitrogen and oxygen atoms in total. The van der Waals surface area contributed by atoms with E-state index < -0.39 is 0 Å². The summed E-state index contributed by atoms with van der Waals surface area (Å²) in [5.41, 5.74) is 1.09.